The van der Waals surface area contributed by atoms with Gasteiger partial charge in [0.15, 0.2) is 0 Å². The fourth-order valence-electron chi connectivity index (χ4n) is 2.17. The molecule has 4 heteroatoms. The topological polar surface area (TPSA) is 49.8 Å². The van der Waals surface area contributed by atoms with E-state index in [9.17, 15) is 4.79 Å². The van der Waals surface area contributed by atoms with Gasteiger partial charge >= 0.3 is 5.97 Å². The molecule has 2 aromatic carbocycles. The lowest BCUT2D eigenvalue weighted by Gasteiger charge is -2.16. The standard InChI is InChI=1S/C18H21NO3/c1-19(13-18(20)21)17-9-7-15(8-10-17)11-12-22-14-16-5-3-2-4-6-16/h2-10H,11-14H2,1H3,(H,20,21). The molecule has 0 aliphatic heterocycles. The maximum atomic E-state index is 10.7. The van der Waals surface area contributed by atoms with Crippen LogP contribution in [-0.4, -0.2) is 31.3 Å². The largest absolute Gasteiger partial charge is 0.480 e. The first-order chi connectivity index (χ1) is 10.6. The summed E-state index contributed by atoms with van der Waals surface area (Å²) in [6.45, 7) is 1.29. The Morgan fingerprint density at radius 3 is 2.36 bits per heavy atom. The van der Waals surface area contributed by atoms with Gasteiger partial charge < -0.3 is 14.7 Å². The van der Waals surface area contributed by atoms with Gasteiger partial charge in [-0.2, -0.15) is 0 Å². The molecule has 4 nitrogen and oxygen atoms in total. The number of carboxylic acid groups (broad SMARTS) is 1. The van der Waals surface area contributed by atoms with E-state index in [2.05, 4.69) is 0 Å². The summed E-state index contributed by atoms with van der Waals surface area (Å²) >= 11 is 0. The van der Waals surface area contributed by atoms with Crippen molar-refractivity contribution in [1.82, 2.24) is 0 Å². The van der Waals surface area contributed by atoms with Crippen LogP contribution in [0.15, 0.2) is 54.6 Å². The first kappa shape index (κ1) is 16.0. The summed E-state index contributed by atoms with van der Waals surface area (Å²) in [5.74, 6) is -0.833. The van der Waals surface area contributed by atoms with Crippen molar-refractivity contribution in [2.75, 3.05) is 25.1 Å². The van der Waals surface area contributed by atoms with Crippen molar-refractivity contribution >= 4 is 11.7 Å². The van der Waals surface area contributed by atoms with Crippen LogP contribution in [0, 0.1) is 0 Å². The lowest BCUT2D eigenvalue weighted by atomic mass is 10.1. The summed E-state index contributed by atoms with van der Waals surface area (Å²) in [4.78, 5) is 12.4. The van der Waals surface area contributed by atoms with Crippen LogP contribution < -0.4 is 4.90 Å². The molecule has 0 bridgehead atoms. The second kappa shape index (κ2) is 8.20. The monoisotopic (exact) mass is 299 g/mol. The highest BCUT2D eigenvalue weighted by Crippen LogP contribution is 2.14. The number of ether oxygens (including phenoxy) is 1. The highest BCUT2D eigenvalue weighted by Gasteiger charge is 2.05. The highest BCUT2D eigenvalue weighted by atomic mass is 16.5. The number of hydrogen-bond acceptors (Lipinski definition) is 3. The number of carbonyl (C=O) groups is 1. The van der Waals surface area contributed by atoms with Gasteiger partial charge in [-0.25, -0.2) is 0 Å². The Labute approximate surface area is 131 Å². The van der Waals surface area contributed by atoms with Crippen LogP contribution >= 0.6 is 0 Å². The molecule has 22 heavy (non-hydrogen) atoms. The molecule has 0 aromatic heterocycles. The van der Waals surface area contributed by atoms with E-state index >= 15 is 0 Å². The SMILES string of the molecule is CN(CC(=O)O)c1ccc(CCOCc2ccccc2)cc1. The van der Waals surface area contributed by atoms with E-state index in [0.29, 0.717) is 13.2 Å². The van der Waals surface area contributed by atoms with Gasteiger partial charge in [-0.1, -0.05) is 42.5 Å². The summed E-state index contributed by atoms with van der Waals surface area (Å²) in [5.41, 5.74) is 3.25. The average Bonchev–Trinajstić information content (AvgIpc) is 2.52. The molecule has 0 saturated heterocycles. The molecular weight excluding hydrogens is 278 g/mol. The van der Waals surface area contributed by atoms with E-state index in [0.717, 1.165) is 12.1 Å². The Morgan fingerprint density at radius 1 is 1.05 bits per heavy atom. The van der Waals surface area contributed by atoms with Crippen LogP contribution in [0.3, 0.4) is 0 Å². The van der Waals surface area contributed by atoms with Crippen molar-refractivity contribution < 1.29 is 14.6 Å². The van der Waals surface area contributed by atoms with Crippen molar-refractivity contribution in [2.24, 2.45) is 0 Å². The van der Waals surface area contributed by atoms with Crippen molar-refractivity contribution in [3.05, 3.63) is 65.7 Å². The number of rotatable bonds is 8. The lowest BCUT2D eigenvalue weighted by Crippen LogP contribution is -2.24. The van der Waals surface area contributed by atoms with E-state index in [4.69, 9.17) is 9.84 Å². The van der Waals surface area contributed by atoms with E-state index in [1.807, 2.05) is 54.6 Å². The molecule has 0 aliphatic rings. The van der Waals surface area contributed by atoms with Crippen molar-refractivity contribution in [3.8, 4) is 0 Å². The molecule has 2 rings (SSSR count). The Balaban J connectivity index is 1.75. The van der Waals surface area contributed by atoms with E-state index in [1.165, 1.54) is 11.1 Å². The van der Waals surface area contributed by atoms with E-state index in [1.54, 1.807) is 11.9 Å². The van der Waals surface area contributed by atoms with Crippen molar-refractivity contribution in [3.63, 3.8) is 0 Å². The van der Waals surface area contributed by atoms with Gasteiger partial charge in [0, 0.05) is 12.7 Å². The van der Waals surface area contributed by atoms with Crippen LogP contribution in [0.4, 0.5) is 5.69 Å². The summed E-state index contributed by atoms with van der Waals surface area (Å²) < 4.78 is 5.67. The third kappa shape index (κ3) is 5.22. The number of carboxylic acids is 1. The number of aliphatic carboxylic acids is 1. The Morgan fingerprint density at radius 2 is 1.73 bits per heavy atom. The summed E-state index contributed by atoms with van der Waals surface area (Å²) in [6.07, 6.45) is 0.843. The number of nitrogens with zero attached hydrogens (tertiary/aromatic N) is 1. The molecular formula is C18H21NO3. The molecule has 0 radical (unpaired) electrons. The minimum Gasteiger partial charge on any atom is -0.480 e. The van der Waals surface area contributed by atoms with Gasteiger partial charge in [-0.3, -0.25) is 4.79 Å². The summed E-state index contributed by atoms with van der Waals surface area (Å²) in [6, 6.07) is 18.0. The van der Waals surface area contributed by atoms with Crippen LogP contribution in [0.2, 0.25) is 0 Å². The fourth-order valence-corrected chi connectivity index (χ4v) is 2.17. The van der Waals surface area contributed by atoms with Gasteiger partial charge in [-0.05, 0) is 29.7 Å². The Hall–Kier alpha value is -2.33. The molecule has 1 N–H and O–H groups in total. The minimum absolute atomic E-state index is 0.000463. The number of likely N-dealkylation sites (N-methyl/N-ethyl adjacent to an activating group) is 1. The predicted molar refractivity (Wildman–Crippen MR) is 87.1 cm³/mol. The highest BCUT2D eigenvalue weighted by molar-refractivity contribution is 5.73. The van der Waals surface area contributed by atoms with Gasteiger partial charge in [-0.15, -0.1) is 0 Å². The number of hydrogen-bond donors (Lipinski definition) is 1. The molecule has 0 spiro atoms. The van der Waals surface area contributed by atoms with Gasteiger partial charge in [0.25, 0.3) is 0 Å². The predicted octanol–water partition coefficient (Wildman–Crippen LogP) is 2.97. The smallest absolute Gasteiger partial charge is 0.323 e. The molecule has 0 unspecified atom stereocenters. The third-order valence-electron chi connectivity index (χ3n) is 3.40. The fraction of sp³-hybridized carbons (Fsp3) is 0.278. The zero-order chi connectivity index (χ0) is 15.8. The van der Waals surface area contributed by atoms with Crippen LogP contribution in [0.5, 0.6) is 0 Å². The van der Waals surface area contributed by atoms with Gasteiger partial charge in [0.2, 0.25) is 0 Å². The molecule has 0 atom stereocenters. The third-order valence-corrected chi connectivity index (χ3v) is 3.40. The van der Waals surface area contributed by atoms with Crippen LogP contribution in [0.1, 0.15) is 11.1 Å². The first-order valence-electron chi connectivity index (χ1n) is 7.28. The van der Waals surface area contributed by atoms with Gasteiger partial charge in [0.05, 0.1) is 13.2 Å². The Bertz CT molecular complexity index is 581. The van der Waals surface area contributed by atoms with E-state index < -0.39 is 5.97 Å². The molecule has 0 amide bonds. The molecule has 0 heterocycles. The maximum Gasteiger partial charge on any atom is 0.323 e. The summed E-state index contributed by atoms with van der Waals surface area (Å²) in [7, 11) is 1.77. The van der Waals surface area contributed by atoms with Crippen LogP contribution in [0.25, 0.3) is 0 Å². The van der Waals surface area contributed by atoms with Crippen LogP contribution in [-0.2, 0) is 22.6 Å². The number of benzene rings is 2. The molecule has 116 valence electrons. The maximum absolute atomic E-state index is 10.7. The second-order valence-electron chi connectivity index (χ2n) is 5.20. The summed E-state index contributed by atoms with van der Waals surface area (Å²) in [5, 5.41) is 8.78. The van der Waals surface area contributed by atoms with Crippen molar-refractivity contribution in [1.29, 1.82) is 0 Å². The number of anilines is 1. The molecule has 0 fully saturated rings. The Kier molecular flexibility index (Phi) is 5.98. The molecule has 0 aliphatic carbocycles. The molecule has 0 saturated carbocycles. The second-order valence-corrected chi connectivity index (χ2v) is 5.20. The van der Waals surface area contributed by atoms with Gasteiger partial charge in [0.1, 0.15) is 6.54 Å². The minimum atomic E-state index is -0.833. The zero-order valence-electron chi connectivity index (χ0n) is 12.7. The average molecular weight is 299 g/mol. The lowest BCUT2D eigenvalue weighted by molar-refractivity contribution is -0.135. The van der Waals surface area contributed by atoms with Crippen molar-refractivity contribution in [2.45, 2.75) is 13.0 Å². The normalized spacial score (nSPS) is 10.4. The zero-order valence-corrected chi connectivity index (χ0v) is 12.7. The quantitative estimate of drug-likeness (QED) is 0.761. The molecule has 2 aromatic rings. The first-order valence-corrected chi connectivity index (χ1v) is 7.28. The van der Waals surface area contributed by atoms with E-state index in [-0.39, 0.29) is 6.54 Å².